The molecule has 1 aromatic heterocycles. The number of para-hydroxylation sites is 1. The monoisotopic (exact) mass is 426 g/mol. The molecular weight excluding hydrogens is 392 g/mol. The van der Waals surface area contributed by atoms with Crippen molar-refractivity contribution in [2.45, 2.75) is 19.4 Å². The van der Waals surface area contributed by atoms with E-state index in [0.717, 1.165) is 81.8 Å². The van der Waals surface area contributed by atoms with E-state index in [-0.39, 0.29) is 0 Å². The van der Waals surface area contributed by atoms with E-state index < -0.39 is 0 Å². The number of ether oxygens (including phenoxy) is 2. The molecule has 2 heterocycles. The molecular formula is C24H34N4O3. The van der Waals surface area contributed by atoms with E-state index in [1.807, 2.05) is 36.4 Å². The zero-order valence-electron chi connectivity index (χ0n) is 18.2. The fourth-order valence-corrected chi connectivity index (χ4v) is 3.36. The summed E-state index contributed by atoms with van der Waals surface area (Å²) in [7, 11) is 0. The third-order valence-corrected chi connectivity index (χ3v) is 5.03. The van der Waals surface area contributed by atoms with Crippen LogP contribution < -0.4 is 15.4 Å². The molecule has 0 radical (unpaired) electrons. The third kappa shape index (κ3) is 8.47. The zero-order valence-corrected chi connectivity index (χ0v) is 18.2. The Hall–Kier alpha value is -2.77. The van der Waals surface area contributed by atoms with Crippen molar-refractivity contribution in [3.8, 4) is 5.75 Å². The molecule has 0 bridgehead atoms. The first-order valence-electron chi connectivity index (χ1n) is 11.0. The molecule has 168 valence electrons. The third-order valence-electron chi connectivity index (χ3n) is 5.03. The predicted molar refractivity (Wildman–Crippen MR) is 124 cm³/mol. The number of hydrogen-bond acceptors (Lipinski definition) is 5. The van der Waals surface area contributed by atoms with E-state index in [0.29, 0.717) is 13.2 Å². The smallest absolute Gasteiger partial charge is 0.191 e. The number of aliphatic imine (C=N–C) groups is 1. The summed E-state index contributed by atoms with van der Waals surface area (Å²) in [5, 5.41) is 6.88. The number of hydrogen-bond donors (Lipinski definition) is 2. The molecule has 1 aliphatic heterocycles. The van der Waals surface area contributed by atoms with Gasteiger partial charge in [-0.25, -0.2) is 4.99 Å². The highest BCUT2D eigenvalue weighted by atomic mass is 16.5. The van der Waals surface area contributed by atoms with Gasteiger partial charge in [0, 0.05) is 38.2 Å². The fourth-order valence-electron chi connectivity index (χ4n) is 3.36. The van der Waals surface area contributed by atoms with Gasteiger partial charge >= 0.3 is 0 Å². The van der Waals surface area contributed by atoms with Gasteiger partial charge in [-0.05, 0) is 31.2 Å². The van der Waals surface area contributed by atoms with Crippen molar-refractivity contribution < 1.29 is 13.9 Å². The Kier molecular flexibility index (Phi) is 9.99. The van der Waals surface area contributed by atoms with E-state index >= 15 is 0 Å². The first kappa shape index (κ1) is 22.9. The van der Waals surface area contributed by atoms with Gasteiger partial charge in [-0.3, -0.25) is 4.90 Å². The largest absolute Gasteiger partial charge is 0.489 e. The van der Waals surface area contributed by atoms with Crippen LogP contribution in [0.5, 0.6) is 5.75 Å². The number of nitrogens with one attached hydrogen (secondary N) is 2. The summed E-state index contributed by atoms with van der Waals surface area (Å²) in [6, 6.07) is 11.9. The first-order chi connectivity index (χ1) is 15.3. The quantitative estimate of drug-likeness (QED) is 0.235. The van der Waals surface area contributed by atoms with Crippen LogP contribution in [0.4, 0.5) is 0 Å². The maximum Gasteiger partial charge on any atom is 0.191 e. The molecule has 7 heteroatoms. The van der Waals surface area contributed by atoms with Crippen LogP contribution in [0.3, 0.4) is 0 Å². The molecule has 0 amide bonds. The molecule has 1 saturated heterocycles. The molecule has 0 saturated carbocycles. The second-order valence-corrected chi connectivity index (χ2v) is 7.36. The zero-order chi connectivity index (χ0) is 21.6. The summed E-state index contributed by atoms with van der Waals surface area (Å²) in [5.41, 5.74) is 1.05. The van der Waals surface area contributed by atoms with Gasteiger partial charge in [-0.1, -0.05) is 30.9 Å². The average Bonchev–Trinajstić information content (AvgIpc) is 3.33. The Bertz CT molecular complexity index is 786. The van der Waals surface area contributed by atoms with E-state index in [1.165, 1.54) is 0 Å². The van der Waals surface area contributed by atoms with E-state index in [9.17, 15) is 0 Å². The van der Waals surface area contributed by atoms with Crippen molar-refractivity contribution in [2.24, 2.45) is 4.99 Å². The Labute approximate surface area is 185 Å². The van der Waals surface area contributed by atoms with Gasteiger partial charge in [0.05, 0.1) is 26.0 Å². The van der Waals surface area contributed by atoms with Crippen LogP contribution in [-0.4, -0.2) is 63.4 Å². The average molecular weight is 427 g/mol. The first-order valence-corrected chi connectivity index (χ1v) is 11.0. The molecule has 7 nitrogen and oxygen atoms in total. The van der Waals surface area contributed by atoms with Gasteiger partial charge in [0.2, 0.25) is 0 Å². The number of morpholine rings is 1. The van der Waals surface area contributed by atoms with Crippen molar-refractivity contribution in [1.29, 1.82) is 0 Å². The number of benzene rings is 1. The minimum atomic E-state index is 0.481. The van der Waals surface area contributed by atoms with Crippen LogP contribution in [0, 0.1) is 0 Å². The lowest BCUT2D eigenvalue weighted by Crippen LogP contribution is -2.41. The fraction of sp³-hybridized carbons (Fsp3) is 0.458. The van der Waals surface area contributed by atoms with Crippen LogP contribution in [-0.2, 0) is 17.7 Å². The lowest BCUT2D eigenvalue weighted by Gasteiger charge is -2.26. The molecule has 1 aliphatic rings. The Morgan fingerprint density at radius 3 is 2.77 bits per heavy atom. The molecule has 31 heavy (non-hydrogen) atoms. The molecule has 2 N–H and O–H groups in total. The van der Waals surface area contributed by atoms with Gasteiger partial charge < -0.3 is 24.5 Å². The Morgan fingerprint density at radius 1 is 1.13 bits per heavy atom. The Morgan fingerprint density at radius 2 is 1.97 bits per heavy atom. The van der Waals surface area contributed by atoms with Crippen LogP contribution in [0.25, 0.3) is 0 Å². The summed E-state index contributed by atoms with van der Waals surface area (Å²) in [5.74, 6) is 2.60. The van der Waals surface area contributed by atoms with Crippen LogP contribution in [0.1, 0.15) is 17.7 Å². The minimum Gasteiger partial charge on any atom is -0.489 e. The molecule has 1 aromatic carbocycles. The molecule has 1 fully saturated rings. The highest BCUT2D eigenvalue weighted by Gasteiger charge is 2.09. The second kappa shape index (κ2) is 13.5. The summed E-state index contributed by atoms with van der Waals surface area (Å²) in [4.78, 5) is 7.23. The number of rotatable bonds is 12. The van der Waals surface area contributed by atoms with E-state index in [4.69, 9.17) is 18.9 Å². The number of nitrogens with zero attached hydrogens (tertiary/aromatic N) is 2. The molecule has 0 atom stereocenters. The molecule has 3 rings (SSSR count). The topological polar surface area (TPSA) is 71.3 Å². The van der Waals surface area contributed by atoms with Gasteiger partial charge in [0.25, 0.3) is 0 Å². The summed E-state index contributed by atoms with van der Waals surface area (Å²) in [6.45, 7) is 11.1. The van der Waals surface area contributed by atoms with Crippen LogP contribution in [0.15, 0.2) is 64.7 Å². The number of guanidine groups is 1. The maximum atomic E-state index is 5.76. The second-order valence-electron chi connectivity index (χ2n) is 7.36. The summed E-state index contributed by atoms with van der Waals surface area (Å²) >= 11 is 0. The van der Waals surface area contributed by atoms with E-state index in [2.05, 4.69) is 22.1 Å². The van der Waals surface area contributed by atoms with Gasteiger partial charge in [-0.2, -0.15) is 0 Å². The lowest BCUT2D eigenvalue weighted by molar-refractivity contribution is 0.0376. The number of furan rings is 1. The molecule has 0 unspecified atom stereocenters. The van der Waals surface area contributed by atoms with Crippen molar-refractivity contribution in [3.63, 3.8) is 0 Å². The Balaban J connectivity index is 1.52. The minimum absolute atomic E-state index is 0.481. The van der Waals surface area contributed by atoms with Crippen molar-refractivity contribution in [1.82, 2.24) is 15.5 Å². The highest BCUT2D eigenvalue weighted by molar-refractivity contribution is 5.79. The predicted octanol–water partition coefficient (Wildman–Crippen LogP) is 2.84. The molecule has 0 spiro atoms. The molecule has 0 aliphatic carbocycles. The highest BCUT2D eigenvalue weighted by Crippen LogP contribution is 2.18. The van der Waals surface area contributed by atoms with Crippen molar-refractivity contribution in [2.75, 3.05) is 52.5 Å². The summed E-state index contributed by atoms with van der Waals surface area (Å²) in [6.07, 6.45) is 5.31. The summed E-state index contributed by atoms with van der Waals surface area (Å²) < 4.78 is 16.6. The van der Waals surface area contributed by atoms with Crippen molar-refractivity contribution >= 4 is 5.96 Å². The van der Waals surface area contributed by atoms with Crippen LogP contribution >= 0.6 is 0 Å². The normalized spacial score (nSPS) is 14.9. The van der Waals surface area contributed by atoms with Gasteiger partial charge in [-0.15, -0.1) is 0 Å². The van der Waals surface area contributed by atoms with Crippen molar-refractivity contribution in [3.05, 3.63) is 66.6 Å². The van der Waals surface area contributed by atoms with Crippen LogP contribution in [0.2, 0.25) is 0 Å². The molecule has 2 aromatic rings. The standard InChI is InChI=1S/C24H34N4O3/c1-2-16-31-23-9-4-3-7-21(23)20-27-24(26-12-10-22-8-5-17-30-22)25-11-6-13-28-14-18-29-19-15-28/h2-5,7-9,17H,1,6,10-16,18-20H2,(H2,25,26,27). The van der Waals surface area contributed by atoms with Gasteiger partial charge in [0.1, 0.15) is 18.1 Å². The lowest BCUT2D eigenvalue weighted by atomic mass is 10.2. The maximum absolute atomic E-state index is 5.76. The SMILES string of the molecule is C=CCOc1ccccc1CN=C(NCCCN1CCOCC1)NCCc1ccco1. The van der Waals surface area contributed by atoms with Gasteiger partial charge in [0.15, 0.2) is 5.96 Å². The van der Waals surface area contributed by atoms with E-state index in [1.54, 1.807) is 12.3 Å².